The highest BCUT2D eigenvalue weighted by molar-refractivity contribution is 8.05. The molecule has 8 nitrogen and oxygen atoms in total. The molecule has 2 aromatic heterocycles. The molecule has 0 saturated carbocycles. The number of furan rings is 1. The summed E-state index contributed by atoms with van der Waals surface area (Å²) < 4.78 is 7.08. The second-order valence-corrected chi connectivity index (χ2v) is 13.4. The number of aliphatic carboxylic acids is 1. The van der Waals surface area contributed by atoms with Crippen LogP contribution in [0.5, 0.6) is 0 Å². The van der Waals surface area contributed by atoms with Crippen LogP contribution in [-0.2, 0) is 27.3 Å². The van der Waals surface area contributed by atoms with Gasteiger partial charge >= 0.3 is 0 Å². The average molecular weight is 610 g/mol. The van der Waals surface area contributed by atoms with Crippen molar-refractivity contribution in [1.82, 2.24) is 10.2 Å². The zero-order valence-electron chi connectivity index (χ0n) is 23.0. The smallest absolute Gasteiger partial charge is 0.249 e. The van der Waals surface area contributed by atoms with Crippen molar-refractivity contribution < 1.29 is 28.5 Å². The summed E-state index contributed by atoms with van der Waals surface area (Å²) in [5.74, 6) is -1.50. The molecular weight excluding hydrogens is 583 g/mol. The lowest BCUT2D eigenvalue weighted by Crippen LogP contribution is -2.75. The van der Waals surface area contributed by atoms with Crippen molar-refractivity contribution >= 4 is 63.2 Å². The molecule has 3 atom stereocenters. The largest absolute Gasteiger partial charge is 0.549 e. The number of amides is 2. The number of carbonyl (C=O) groups is 3. The minimum Gasteiger partial charge on any atom is -0.549 e. The van der Waals surface area contributed by atoms with Crippen molar-refractivity contribution in [2.45, 2.75) is 34.0 Å². The number of β-lactam (4-membered cyclic amide) rings is 1. The number of hydrogen-bond acceptors (Lipinski definition) is 7. The average Bonchev–Trinajstić information content (AvgIpc) is 3.39. The van der Waals surface area contributed by atoms with Crippen molar-refractivity contribution in [1.29, 1.82) is 0 Å². The van der Waals surface area contributed by atoms with Gasteiger partial charge in [0.15, 0.2) is 18.9 Å². The van der Waals surface area contributed by atoms with Gasteiger partial charge in [0.2, 0.25) is 11.8 Å². The number of carboxylic acid groups (broad SMARTS) is 1. The van der Waals surface area contributed by atoms with Gasteiger partial charge in [-0.25, -0.2) is 4.57 Å². The van der Waals surface area contributed by atoms with Gasteiger partial charge in [0.1, 0.15) is 22.6 Å². The normalized spacial score (nSPS) is 21.4. The summed E-state index contributed by atoms with van der Waals surface area (Å²) in [5, 5.41) is 17.1. The maximum absolute atomic E-state index is 13.0. The molecule has 4 heterocycles. The number of thioether (sulfide) groups is 2. The van der Waals surface area contributed by atoms with Gasteiger partial charge in [-0.2, -0.15) is 0 Å². The lowest BCUT2D eigenvalue weighted by atomic mass is 10.0. The van der Waals surface area contributed by atoms with Crippen molar-refractivity contribution in [3.05, 3.63) is 108 Å². The van der Waals surface area contributed by atoms with Crippen LogP contribution in [0.4, 0.5) is 0 Å². The summed E-state index contributed by atoms with van der Waals surface area (Å²) >= 11 is 2.54. The van der Waals surface area contributed by atoms with Gasteiger partial charge in [0.05, 0.1) is 22.7 Å². The molecule has 2 fully saturated rings. The minimum atomic E-state index is -1.34. The first kappa shape index (κ1) is 27.5. The van der Waals surface area contributed by atoms with E-state index in [1.807, 2.05) is 97.3 Å². The quantitative estimate of drug-likeness (QED) is 0.213. The Kier molecular flexibility index (Phi) is 7.10. The molecule has 7 rings (SSSR count). The number of rotatable bonds is 8. The van der Waals surface area contributed by atoms with Crippen LogP contribution in [0.3, 0.4) is 0 Å². The van der Waals surface area contributed by atoms with Crippen molar-refractivity contribution in [2.24, 2.45) is 0 Å². The lowest BCUT2D eigenvalue weighted by Gasteiger charge is -2.55. The first-order valence-corrected chi connectivity index (χ1v) is 15.8. The molecule has 2 aliphatic heterocycles. The van der Waals surface area contributed by atoms with E-state index < -0.39 is 16.8 Å². The van der Waals surface area contributed by atoms with Crippen LogP contribution in [0.1, 0.15) is 11.1 Å². The van der Waals surface area contributed by atoms with Crippen molar-refractivity contribution in [3.8, 4) is 0 Å². The zero-order valence-corrected chi connectivity index (χ0v) is 24.6. The maximum Gasteiger partial charge on any atom is 0.249 e. The predicted octanol–water partition coefficient (Wildman–Crippen LogP) is 3.15. The first-order chi connectivity index (χ1) is 20.9. The maximum atomic E-state index is 13.0. The van der Waals surface area contributed by atoms with Crippen LogP contribution in [0.15, 0.2) is 107 Å². The predicted molar refractivity (Wildman–Crippen MR) is 163 cm³/mol. The Balaban J connectivity index is 1.08. The fraction of sp³-hybridized carbons (Fsp3) is 0.212. The van der Waals surface area contributed by atoms with Crippen LogP contribution in [-0.4, -0.2) is 51.1 Å². The lowest BCUT2D eigenvalue weighted by molar-refractivity contribution is -0.688. The number of fused-ring (bicyclic) bond motifs is 4. The molecular formula is C33H27N3O5S2. The summed E-state index contributed by atoms with van der Waals surface area (Å²) in [7, 11) is 0. The monoisotopic (exact) mass is 609 g/mol. The molecule has 3 aromatic carbocycles. The van der Waals surface area contributed by atoms with Crippen LogP contribution in [0.2, 0.25) is 0 Å². The zero-order chi connectivity index (χ0) is 29.6. The molecule has 5 aromatic rings. The Morgan fingerprint density at radius 2 is 1.81 bits per heavy atom. The van der Waals surface area contributed by atoms with E-state index in [2.05, 4.69) is 9.88 Å². The van der Waals surface area contributed by atoms with Crippen molar-refractivity contribution in [2.75, 3.05) is 12.3 Å². The first-order valence-electron chi connectivity index (χ1n) is 13.9. The van der Waals surface area contributed by atoms with Crippen molar-refractivity contribution in [3.63, 3.8) is 0 Å². The van der Waals surface area contributed by atoms with E-state index in [4.69, 9.17) is 4.42 Å². The summed E-state index contributed by atoms with van der Waals surface area (Å²) in [6.45, 7) is 0.654. The number of aromatic nitrogens is 1. The molecule has 0 radical (unpaired) electrons. The van der Waals surface area contributed by atoms with Gasteiger partial charge in [-0.3, -0.25) is 9.59 Å². The Bertz CT molecular complexity index is 1860. The van der Waals surface area contributed by atoms with E-state index in [-0.39, 0.29) is 35.9 Å². The number of nitrogens with one attached hydrogen (secondary N) is 1. The molecule has 10 heteroatoms. The Morgan fingerprint density at radius 3 is 2.60 bits per heavy atom. The fourth-order valence-corrected chi connectivity index (χ4v) is 8.64. The van der Waals surface area contributed by atoms with Crippen LogP contribution in [0, 0.1) is 0 Å². The third-order valence-electron chi connectivity index (χ3n) is 7.95. The van der Waals surface area contributed by atoms with E-state index in [0.717, 1.165) is 32.4 Å². The Labute approximate surface area is 256 Å². The Morgan fingerprint density at radius 1 is 1.02 bits per heavy atom. The standard InChI is InChI=1S/C33H27N3O5S2/c37-27(16-21-8-3-1-4-9-21)34-28-30(38)36-19-33(32(39)40,20-42-31(28)36)43-23-12-13-24-25-11-7-10-22(29(25)41-26(24)17-23)18-35-14-5-2-6-15-35/h1-15,17,28,31H,16,18-20H2,(H-,34,37,39,40)/t28-,31-,33?/m1/s1. The van der Waals surface area contributed by atoms with E-state index >= 15 is 0 Å². The topological polar surface area (TPSA) is 107 Å². The SMILES string of the molecule is O=C(Cc1ccccc1)N[C@@H]1C(=O)N2CC(Sc3ccc4c(c3)oc3c(C[n+]5ccccc5)cccc34)(C(=O)[O-])CS[C@H]12. The highest BCUT2D eigenvalue weighted by Gasteiger charge is 2.56. The number of carbonyl (C=O) groups excluding carboxylic acids is 3. The van der Waals surface area contributed by atoms with Gasteiger partial charge in [-0.05, 0) is 29.8 Å². The number of hydrogen-bond donors (Lipinski definition) is 1. The van der Waals surface area contributed by atoms with Crippen LogP contribution in [0.25, 0.3) is 21.9 Å². The second-order valence-electron chi connectivity index (χ2n) is 10.9. The molecule has 2 aliphatic rings. The van der Waals surface area contributed by atoms with Gasteiger partial charge in [-0.15, -0.1) is 23.5 Å². The molecule has 0 bridgehead atoms. The molecule has 2 amide bonds. The minimum absolute atomic E-state index is 0.00182. The fourth-order valence-electron chi connectivity index (χ4n) is 5.77. The van der Waals surface area contributed by atoms with Gasteiger partial charge in [0.25, 0.3) is 0 Å². The molecule has 0 aliphatic carbocycles. The third kappa shape index (κ3) is 5.14. The van der Waals surface area contributed by atoms with Gasteiger partial charge in [0, 0.05) is 40.1 Å². The molecule has 216 valence electrons. The van der Waals surface area contributed by atoms with E-state index in [1.165, 1.54) is 28.4 Å². The molecule has 1 N–H and O–H groups in total. The van der Waals surface area contributed by atoms with Gasteiger partial charge < -0.3 is 24.5 Å². The van der Waals surface area contributed by atoms with E-state index in [1.54, 1.807) is 0 Å². The Hall–Kier alpha value is -4.28. The number of benzene rings is 3. The summed E-state index contributed by atoms with van der Waals surface area (Å²) in [6, 6.07) is 26.4. The summed E-state index contributed by atoms with van der Waals surface area (Å²) in [6.07, 6.45) is 4.19. The van der Waals surface area contributed by atoms with E-state index in [0.29, 0.717) is 12.1 Å². The number of pyridine rings is 1. The summed E-state index contributed by atoms with van der Waals surface area (Å²) in [5.41, 5.74) is 3.37. The number of para-hydroxylation sites is 1. The van der Waals surface area contributed by atoms with Crippen LogP contribution >= 0.6 is 23.5 Å². The van der Waals surface area contributed by atoms with Gasteiger partial charge in [-0.1, -0.05) is 48.5 Å². The highest BCUT2D eigenvalue weighted by Crippen LogP contribution is 2.46. The molecule has 43 heavy (non-hydrogen) atoms. The van der Waals surface area contributed by atoms with Crippen LogP contribution < -0.4 is 15.0 Å². The third-order valence-corrected chi connectivity index (χ3v) is 11.0. The molecule has 1 unspecified atom stereocenters. The highest BCUT2D eigenvalue weighted by atomic mass is 32.2. The summed E-state index contributed by atoms with van der Waals surface area (Å²) in [4.78, 5) is 40.5. The molecule has 0 spiro atoms. The number of nitrogens with zero attached hydrogens (tertiary/aromatic N) is 2. The van der Waals surface area contributed by atoms with E-state index in [9.17, 15) is 19.5 Å². The molecule has 2 saturated heterocycles. The number of carboxylic acids is 1. The second kappa shape index (κ2) is 11.1.